The van der Waals surface area contributed by atoms with Crippen molar-refractivity contribution >= 4 is 57.2 Å². The van der Waals surface area contributed by atoms with Crippen LogP contribution in [-0.4, -0.2) is 6.71 Å². The Labute approximate surface area is 452 Å². The van der Waals surface area contributed by atoms with E-state index in [9.17, 15) is 0 Å². The first-order valence-electron chi connectivity index (χ1n) is 27.6. The standard InChI is InChI=1S/C72H81BN2/c1-67(2,3)50-36-51(68(4,5)6)39-54(38-50)74-62-42-56(47-30-24-20-25-31-47)58(71(13,14)15)44-60(62)73-61-45-59(72(16,17)18)57(48-32-26-21-27-33-48)43-63(61)75(55-40-52(69(7,8)9)37-53(41-55)70(10,11)12)65-35-49(34-64(74)66(65)73)46-28-22-19-23-29-46/h19-45H,1-18H3. The van der Waals surface area contributed by atoms with Crippen LogP contribution in [0.2, 0.25) is 0 Å². The Kier molecular flexibility index (Phi) is 12.5. The van der Waals surface area contributed by atoms with Crippen LogP contribution in [0.3, 0.4) is 0 Å². The summed E-state index contributed by atoms with van der Waals surface area (Å²) in [7, 11) is 0. The summed E-state index contributed by atoms with van der Waals surface area (Å²) >= 11 is 0. The second-order valence-electron chi connectivity index (χ2n) is 28.1. The number of fused-ring (bicyclic) bond motifs is 4. The van der Waals surface area contributed by atoms with Crippen molar-refractivity contribution in [3.63, 3.8) is 0 Å². The fourth-order valence-electron chi connectivity index (χ4n) is 11.6. The van der Waals surface area contributed by atoms with Crippen molar-refractivity contribution in [1.82, 2.24) is 0 Å². The Morgan fingerprint density at radius 2 is 0.587 bits per heavy atom. The molecule has 0 radical (unpaired) electrons. The van der Waals surface area contributed by atoms with Crippen molar-refractivity contribution in [2.24, 2.45) is 0 Å². The molecule has 0 bridgehead atoms. The van der Waals surface area contributed by atoms with Crippen molar-refractivity contribution in [1.29, 1.82) is 0 Å². The number of anilines is 6. The van der Waals surface area contributed by atoms with Crippen LogP contribution < -0.4 is 26.2 Å². The Balaban J connectivity index is 1.45. The third-order valence-electron chi connectivity index (χ3n) is 16.1. The molecule has 10 rings (SSSR count). The molecule has 2 aliphatic rings. The minimum atomic E-state index is -0.162. The molecule has 0 saturated heterocycles. The molecule has 0 amide bonds. The van der Waals surface area contributed by atoms with Crippen LogP contribution in [0, 0.1) is 0 Å². The molecular formula is C72H81BN2. The highest BCUT2D eigenvalue weighted by Gasteiger charge is 2.46. The SMILES string of the molecule is CC(C)(C)c1cc(N2c3cc(-c4ccccc4)c(C(C)(C)C)cc3B3c4cc(C(C)(C)C)c(-c5ccccc5)cc4N(c4cc(C(C)(C)C)cc(C(C)(C)C)c4)c4cc(-c5ccccc5)cc2c43)cc(C(C)(C)C)c1. The maximum atomic E-state index is 2.68. The third-order valence-corrected chi connectivity index (χ3v) is 16.1. The van der Waals surface area contributed by atoms with Crippen molar-refractivity contribution in [3.8, 4) is 33.4 Å². The average Bonchev–Trinajstić information content (AvgIpc) is 3.34. The summed E-state index contributed by atoms with van der Waals surface area (Å²) < 4.78 is 0. The van der Waals surface area contributed by atoms with Crippen LogP contribution >= 0.6 is 0 Å². The Morgan fingerprint density at radius 3 is 0.880 bits per heavy atom. The number of rotatable bonds is 5. The van der Waals surface area contributed by atoms with Crippen LogP contribution in [0.25, 0.3) is 33.4 Å². The number of hydrogen-bond donors (Lipinski definition) is 0. The summed E-state index contributed by atoms with van der Waals surface area (Å²) in [4.78, 5) is 5.36. The molecule has 8 aromatic rings. The van der Waals surface area contributed by atoms with E-state index in [-0.39, 0.29) is 39.2 Å². The van der Waals surface area contributed by atoms with Gasteiger partial charge in [-0.3, -0.25) is 0 Å². The molecule has 2 aliphatic heterocycles. The molecule has 0 atom stereocenters. The number of nitrogens with zero attached hydrogens (tertiary/aromatic N) is 2. The van der Waals surface area contributed by atoms with Crippen LogP contribution in [0.15, 0.2) is 164 Å². The second kappa shape index (κ2) is 18.0. The minimum Gasteiger partial charge on any atom is -0.311 e. The van der Waals surface area contributed by atoms with Gasteiger partial charge in [0, 0.05) is 34.1 Å². The predicted octanol–water partition coefficient (Wildman–Crippen LogP) is 18.6. The van der Waals surface area contributed by atoms with E-state index in [2.05, 4.69) is 298 Å². The predicted molar refractivity (Wildman–Crippen MR) is 329 cm³/mol. The van der Waals surface area contributed by atoms with Crippen molar-refractivity contribution in [3.05, 3.63) is 197 Å². The van der Waals surface area contributed by atoms with E-state index >= 15 is 0 Å². The summed E-state index contributed by atoms with van der Waals surface area (Å²) in [5.74, 6) is 0. The molecule has 0 saturated carbocycles. The van der Waals surface area contributed by atoms with Gasteiger partial charge >= 0.3 is 0 Å². The minimum absolute atomic E-state index is 0.0880. The molecule has 0 N–H and O–H groups in total. The largest absolute Gasteiger partial charge is 0.311 e. The van der Waals surface area contributed by atoms with Gasteiger partial charge in [-0.05, 0) is 164 Å². The van der Waals surface area contributed by atoms with E-state index in [0.717, 1.165) is 0 Å². The van der Waals surface area contributed by atoms with Crippen LogP contribution in [0.5, 0.6) is 0 Å². The monoisotopic (exact) mass is 985 g/mol. The van der Waals surface area contributed by atoms with Crippen molar-refractivity contribution < 1.29 is 0 Å². The van der Waals surface area contributed by atoms with E-state index in [4.69, 9.17) is 0 Å². The summed E-state index contributed by atoms with van der Waals surface area (Å²) in [6, 6.07) is 63.8. The highest BCUT2D eigenvalue weighted by Crippen LogP contribution is 2.51. The molecule has 0 fully saturated rings. The van der Waals surface area contributed by atoms with E-state index in [0.29, 0.717) is 0 Å². The molecule has 8 aromatic carbocycles. The van der Waals surface area contributed by atoms with Gasteiger partial charge in [0.05, 0.1) is 0 Å². The molecule has 0 aromatic heterocycles. The van der Waals surface area contributed by atoms with E-state index in [1.165, 1.54) is 117 Å². The fraction of sp³-hybridized carbons (Fsp3) is 0.333. The second-order valence-corrected chi connectivity index (χ2v) is 28.1. The molecular weight excluding hydrogens is 904 g/mol. The lowest BCUT2D eigenvalue weighted by molar-refractivity contribution is 0.568. The summed E-state index contributed by atoms with van der Waals surface area (Å²) in [5.41, 5.74) is 26.1. The molecule has 2 heterocycles. The van der Waals surface area contributed by atoms with Gasteiger partial charge in [0.2, 0.25) is 0 Å². The van der Waals surface area contributed by atoms with Crippen LogP contribution in [0.1, 0.15) is 158 Å². The smallest absolute Gasteiger partial charge is 0.252 e. The highest BCUT2D eigenvalue weighted by atomic mass is 15.2. The molecule has 0 unspecified atom stereocenters. The molecule has 3 heteroatoms. The summed E-state index contributed by atoms with van der Waals surface area (Å²) in [6.07, 6.45) is 0. The van der Waals surface area contributed by atoms with Crippen LogP contribution in [0.4, 0.5) is 34.1 Å². The number of hydrogen-bond acceptors (Lipinski definition) is 2. The lowest BCUT2D eigenvalue weighted by atomic mass is 9.33. The van der Waals surface area contributed by atoms with Gasteiger partial charge < -0.3 is 9.80 Å². The Hall–Kier alpha value is -6.58. The Morgan fingerprint density at radius 1 is 0.280 bits per heavy atom. The fourth-order valence-corrected chi connectivity index (χ4v) is 11.6. The van der Waals surface area contributed by atoms with E-state index in [1.54, 1.807) is 0 Å². The van der Waals surface area contributed by atoms with E-state index in [1.807, 2.05) is 0 Å². The quantitative estimate of drug-likeness (QED) is 0.159. The normalized spacial score (nSPS) is 13.9. The lowest BCUT2D eigenvalue weighted by Gasteiger charge is -2.46. The maximum absolute atomic E-state index is 2.68. The highest BCUT2D eigenvalue weighted by molar-refractivity contribution is 7.00. The van der Waals surface area contributed by atoms with Gasteiger partial charge in [-0.15, -0.1) is 0 Å². The van der Waals surface area contributed by atoms with Crippen molar-refractivity contribution in [2.45, 2.75) is 157 Å². The van der Waals surface area contributed by atoms with E-state index < -0.39 is 0 Å². The third kappa shape index (κ3) is 9.60. The zero-order chi connectivity index (χ0) is 53.9. The summed E-state index contributed by atoms with van der Waals surface area (Å²) in [6.45, 7) is 42.6. The average molecular weight is 985 g/mol. The van der Waals surface area contributed by atoms with Crippen molar-refractivity contribution in [2.75, 3.05) is 9.80 Å². The first-order chi connectivity index (χ1) is 35.0. The summed E-state index contributed by atoms with van der Waals surface area (Å²) in [5, 5.41) is 0. The van der Waals surface area contributed by atoms with Crippen LogP contribution in [-0.2, 0) is 32.5 Å². The van der Waals surface area contributed by atoms with Gasteiger partial charge in [0.25, 0.3) is 6.71 Å². The van der Waals surface area contributed by atoms with Gasteiger partial charge in [0.15, 0.2) is 0 Å². The maximum Gasteiger partial charge on any atom is 0.252 e. The zero-order valence-corrected chi connectivity index (χ0v) is 48.6. The zero-order valence-electron chi connectivity index (χ0n) is 48.6. The van der Waals surface area contributed by atoms with Gasteiger partial charge in [-0.25, -0.2) is 0 Å². The first kappa shape index (κ1) is 51.9. The first-order valence-corrected chi connectivity index (χ1v) is 27.6. The molecule has 0 aliphatic carbocycles. The molecule has 382 valence electrons. The van der Waals surface area contributed by atoms with Gasteiger partial charge in [-0.2, -0.15) is 0 Å². The molecule has 0 spiro atoms. The van der Waals surface area contributed by atoms with Gasteiger partial charge in [-0.1, -0.05) is 240 Å². The topological polar surface area (TPSA) is 6.48 Å². The Bertz CT molecular complexity index is 3190. The molecule has 75 heavy (non-hydrogen) atoms. The lowest BCUT2D eigenvalue weighted by Crippen LogP contribution is -2.62. The molecule has 2 nitrogen and oxygen atoms in total. The van der Waals surface area contributed by atoms with Gasteiger partial charge in [0.1, 0.15) is 0 Å². The number of benzene rings is 8.